The van der Waals surface area contributed by atoms with Crippen LogP contribution < -0.4 is 10.5 Å². The molecule has 18 heavy (non-hydrogen) atoms. The Morgan fingerprint density at radius 2 is 1.94 bits per heavy atom. The SMILES string of the molecule is CCCCCCCOc1c(C)cccc1C(N)=S. The first-order valence-electron chi connectivity index (χ1n) is 6.69. The summed E-state index contributed by atoms with van der Waals surface area (Å²) in [7, 11) is 0. The van der Waals surface area contributed by atoms with E-state index in [9.17, 15) is 0 Å². The number of nitrogens with two attached hydrogens (primary N) is 1. The Kier molecular flexibility index (Phi) is 6.73. The number of aryl methyl sites for hydroxylation is 1. The van der Waals surface area contributed by atoms with Crippen molar-refractivity contribution in [2.45, 2.75) is 46.0 Å². The van der Waals surface area contributed by atoms with E-state index in [1.807, 2.05) is 25.1 Å². The highest BCUT2D eigenvalue weighted by atomic mass is 32.1. The Morgan fingerprint density at radius 1 is 1.22 bits per heavy atom. The second-order valence-corrected chi connectivity index (χ2v) is 5.02. The summed E-state index contributed by atoms with van der Waals surface area (Å²) in [5.41, 5.74) is 7.64. The zero-order valence-corrected chi connectivity index (χ0v) is 12.2. The predicted octanol–water partition coefficient (Wildman–Crippen LogP) is 3.98. The van der Waals surface area contributed by atoms with Crippen LogP contribution in [0.4, 0.5) is 0 Å². The lowest BCUT2D eigenvalue weighted by Crippen LogP contribution is -2.13. The summed E-state index contributed by atoms with van der Waals surface area (Å²) in [4.78, 5) is 0.402. The summed E-state index contributed by atoms with van der Waals surface area (Å²) in [6.45, 7) is 4.98. The van der Waals surface area contributed by atoms with Crippen LogP contribution in [0.1, 0.15) is 50.2 Å². The van der Waals surface area contributed by atoms with Gasteiger partial charge in [0.25, 0.3) is 0 Å². The zero-order chi connectivity index (χ0) is 13.4. The number of para-hydroxylation sites is 1. The average Bonchev–Trinajstić information content (AvgIpc) is 2.34. The number of hydrogen-bond donors (Lipinski definition) is 1. The number of unbranched alkanes of at least 4 members (excludes halogenated alkanes) is 4. The topological polar surface area (TPSA) is 35.2 Å². The lowest BCUT2D eigenvalue weighted by Gasteiger charge is -2.13. The lowest BCUT2D eigenvalue weighted by molar-refractivity contribution is 0.302. The predicted molar refractivity (Wildman–Crippen MR) is 81.3 cm³/mol. The van der Waals surface area contributed by atoms with Gasteiger partial charge < -0.3 is 10.5 Å². The van der Waals surface area contributed by atoms with Gasteiger partial charge in [0.15, 0.2) is 0 Å². The quantitative estimate of drug-likeness (QED) is 0.570. The highest BCUT2D eigenvalue weighted by Crippen LogP contribution is 2.23. The minimum Gasteiger partial charge on any atom is -0.493 e. The highest BCUT2D eigenvalue weighted by molar-refractivity contribution is 7.80. The summed E-state index contributed by atoms with van der Waals surface area (Å²) in [5.74, 6) is 0.848. The summed E-state index contributed by atoms with van der Waals surface area (Å²) in [6.07, 6.45) is 6.18. The van der Waals surface area contributed by atoms with Crippen LogP contribution in [0.25, 0.3) is 0 Å². The van der Waals surface area contributed by atoms with Crippen LogP contribution in [0, 0.1) is 6.92 Å². The standard InChI is InChI=1S/C15H23NOS/c1-3-4-5-6-7-11-17-14-12(2)9-8-10-13(14)15(16)18/h8-10H,3-7,11H2,1-2H3,(H2,16,18). The monoisotopic (exact) mass is 265 g/mol. The Bertz CT molecular complexity index is 390. The Hall–Kier alpha value is -1.09. The molecule has 0 heterocycles. The molecule has 2 N–H and O–H groups in total. The van der Waals surface area contributed by atoms with Gasteiger partial charge in [0.2, 0.25) is 0 Å². The third kappa shape index (κ3) is 4.65. The van der Waals surface area contributed by atoms with E-state index in [1.165, 1.54) is 25.7 Å². The van der Waals surface area contributed by atoms with Crippen LogP contribution in [0.3, 0.4) is 0 Å². The summed E-state index contributed by atoms with van der Waals surface area (Å²) in [6, 6.07) is 5.90. The smallest absolute Gasteiger partial charge is 0.132 e. The van der Waals surface area contributed by atoms with Gasteiger partial charge in [0, 0.05) is 0 Å². The van der Waals surface area contributed by atoms with Crippen LogP contribution in [-0.4, -0.2) is 11.6 Å². The zero-order valence-electron chi connectivity index (χ0n) is 11.4. The molecule has 0 aromatic heterocycles. The van der Waals surface area contributed by atoms with Gasteiger partial charge in [-0.1, -0.05) is 57.0 Å². The van der Waals surface area contributed by atoms with E-state index in [0.717, 1.165) is 29.9 Å². The Labute approximate surface area is 116 Å². The first-order valence-corrected chi connectivity index (χ1v) is 7.09. The molecule has 1 aromatic rings. The average molecular weight is 265 g/mol. The number of rotatable bonds is 8. The van der Waals surface area contributed by atoms with Gasteiger partial charge in [0.05, 0.1) is 12.2 Å². The molecular formula is C15H23NOS. The lowest BCUT2D eigenvalue weighted by atomic mass is 10.1. The van der Waals surface area contributed by atoms with Gasteiger partial charge in [0.1, 0.15) is 10.7 Å². The van der Waals surface area contributed by atoms with Crippen LogP contribution in [-0.2, 0) is 0 Å². The molecule has 0 unspecified atom stereocenters. The minimum absolute atomic E-state index is 0.402. The summed E-state index contributed by atoms with van der Waals surface area (Å²) < 4.78 is 5.84. The Morgan fingerprint density at radius 3 is 2.61 bits per heavy atom. The van der Waals surface area contributed by atoms with Crippen molar-refractivity contribution < 1.29 is 4.74 Å². The van der Waals surface area contributed by atoms with Gasteiger partial charge in [-0.25, -0.2) is 0 Å². The molecule has 0 spiro atoms. The maximum atomic E-state index is 5.84. The number of benzene rings is 1. The van der Waals surface area contributed by atoms with Gasteiger partial charge in [-0.2, -0.15) is 0 Å². The molecule has 0 atom stereocenters. The van der Waals surface area contributed by atoms with Crippen LogP contribution in [0.5, 0.6) is 5.75 Å². The molecular weight excluding hydrogens is 242 g/mol. The molecule has 1 aromatic carbocycles. The fourth-order valence-electron chi connectivity index (χ4n) is 1.92. The van der Waals surface area contributed by atoms with Crippen molar-refractivity contribution in [2.24, 2.45) is 5.73 Å². The molecule has 2 nitrogen and oxygen atoms in total. The van der Waals surface area contributed by atoms with Crippen LogP contribution in [0.15, 0.2) is 18.2 Å². The second-order valence-electron chi connectivity index (χ2n) is 4.58. The van der Waals surface area contributed by atoms with Crippen molar-refractivity contribution in [3.8, 4) is 5.75 Å². The van der Waals surface area contributed by atoms with E-state index in [2.05, 4.69) is 6.92 Å². The van der Waals surface area contributed by atoms with Gasteiger partial charge in [-0.05, 0) is 25.0 Å². The van der Waals surface area contributed by atoms with E-state index in [1.54, 1.807) is 0 Å². The van der Waals surface area contributed by atoms with Gasteiger partial charge in [-0.15, -0.1) is 0 Å². The van der Waals surface area contributed by atoms with Crippen LogP contribution >= 0.6 is 12.2 Å². The molecule has 0 aliphatic carbocycles. The molecule has 0 saturated carbocycles. The van der Waals surface area contributed by atoms with Crippen molar-refractivity contribution in [3.05, 3.63) is 29.3 Å². The molecule has 0 fully saturated rings. The fourth-order valence-corrected chi connectivity index (χ4v) is 2.08. The van der Waals surface area contributed by atoms with Crippen molar-refractivity contribution in [3.63, 3.8) is 0 Å². The molecule has 0 radical (unpaired) electrons. The second kappa shape index (κ2) is 8.09. The van der Waals surface area contributed by atoms with E-state index >= 15 is 0 Å². The van der Waals surface area contributed by atoms with E-state index in [-0.39, 0.29) is 0 Å². The molecule has 100 valence electrons. The molecule has 0 amide bonds. The van der Waals surface area contributed by atoms with Gasteiger partial charge in [-0.3, -0.25) is 0 Å². The highest BCUT2D eigenvalue weighted by Gasteiger charge is 2.08. The van der Waals surface area contributed by atoms with Crippen molar-refractivity contribution >= 4 is 17.2 Å². The van der Waals surface area contributed by atoms with Crippen molar-refractivity contribution in [1.82, 2.24) is 0 Å². The van der Waals surface area contributed by atoms with Gasteiger partial charge >= 0.3 is 0 Å². The number of thiocarbonyl (C=S) groups is 1. The molecule has 0 saturated heterocycles. The van der Waals surface area contributed by atoms with E-state index in [0.29, 0.717) is 4.99 Å². The first kappa shape index (κ1) is 15.0. The third-order valence-corrected chi connectivity index (χ3v) is 3.19. The summed E-state index contributed by atoms with van der Waals surface area (Å²) in [5, 5.41) is 0. The van der Waals surface area contributed by atoms with E-state index in [4.69, 9.17) is 22.7 Å². The fraction of sp³-hybridized carbons (Fsp3) is 0.533. The first-order chi connectivity index (χ1) is 8.66. The maximum absolute atomic E-state index is 5.84. The van der Waals surface area contributed by atoms with Crippen molar-refractivity contribution in [2.75, 3.05) is 6.61 Å². The Balaban J connectivity index is 2.48. The molecule has 1 rings (SSSR count). The largest absolute Gasteiger partial charge is 0.493 e. The third-order valence-electron chi connectivity index (χ3n) is 2.97. The number of ether oxygens (including phenoxy) is 1. The maximum Gasteiger partial charge on any atom is 0.132 e. The normalized spacial score (nSPS) is 10.3. The number of hydrogen-bond acceptors (Lipinski definition) is 2. The summed E-state index contributed by atoms with van der Waals surface area (Å²) >= 11 is 5.04. The molecule has 0 bridgehead atoms. The van der Waals surface area contributed by atoms with Crippen molar-refractivity contribution in [1.29, 1.82) is 0 Å². The molecule has 0 aliphatic rings. The molecule has 0 aliphatic heterocycles. The van der Waals surface area contributed by atoms with Crippen LogP contribution in [0.2, 0.25) is 0 Å². The molecule has 3 heteroatoms. The van der Waals surface area contributed by atoms with E-state index < -0.39 is 0 Å². The minimum atomic E-state index is 0.402.